The fourth-order valence-electron chi connectivity index (χ4n) is 2.48. The minimum Gasteiger partial charge on any atom is -0.328 e. The maximum Gasteiger partial charge on any atom is 0.0257 e. The van der Waals surface area contributed by atoms with Crippen molar-refractivity contribution < 1.29 is 0 Å². The molecule has 1 aromatic heterocycles. The number of hydrogen-bond donors (Lipinski definition) is 0. The van der Waals surface area contributed by atoms with Crippen LogP contribution in [0.1, 0.15) is 29.5 Å². The van der Waals surface area contributed by atoms with Crippen molar-refractivity contribution in [3.63, 3.8) is 0 Å². The van der Waals surface area contributed by atoms with Gasteiger partial charge in [0.2, 0.25) is 0 Å². The smallest absolute Gasteiger partial charge is 0.0257 e. The monoisotopic (exact) mass is 209 g/mol. The summed E-state index contributed by atoms with van der Waals surface area (Å²) in [6.45, 7) is 3.83. The van der Waals surface area contributed by atoms with E-state index >= 15 is 0 Å². The molecule has 2 aromatic rings. The lowest BCUT2D eigenvalue weighted by atomic mass is 10.1. The van der Waals surface area contributed by atoms with E-state index in [2.05, 4.69) is 59.8 Å². The van der Waals surface area contributed by atoms with E-state index in [9.17, 15) is 0 Å². The molecule has 80 valence electrons. The molecule has 0 bridgehead atoms. The summed E-state index contributed by atoms with van der Waals surface area (Å²) in [4.78, 5) is 0. The van der Waals surface area contributed by atoms with E-state index < -0.39 is 0 Å². The normalized spacial score (nSPS) is 23.0. The standard InChI is InChI=1S/C15H15N/c1-2-16-10-6-9-15(16)14-11-13(14)12-7-4-3-5-8-12/h2-10,13-14H,1,11H2. The van der Waals surface area contributed by atoms with Crippen LogP contribution in [0.15, 0.2) is 55.2 Å². The first kappa shape index (κ1) is 9.46. The van der Waals surface area contributed by atoms with Crippen LogP contribution in [0.4, 0.5) is 0 Å². The van der Waals surface area contributed by atoms with Gasteiger partial charge in [0.25, 0.3) is 0 Å². The first-order chi connectivity index (χ1) is 7.90. The van der Waals surface area contributed by atoms with Crippen molar-refractivity contribution in [1.29, 1.82) is 0 Å². The molecular weight excluding hydrogens is 194 g/mol. The van der Waals surface area contributed by atoms with Gasteiger partial charge in [-0.05, 0) is 30.0 Å². The van der Waals surface area contributed by atoms with Gasteiger partial charge in [-0.2, -0.15) is 0 Å². The molecule has 1 heterocycles. The van der Waals surface area contributed by atoms with E-state index in [0.717, 1.165) is 0 Å². The van der Waals surface area contributed by atoms with Crippen LogP contribution in [0.25, 0.3) is 6.20 Å². The first-order valence-corrected chi connectivity index (χ1v) is 5.74. The molecule has 3 rings (SSSR count). The van der Waals surface area contributed by atoms with E-state index in [1.807, 2.05) is 6.20 Å². The number of nitrogens with zero attached hydrogens (tertiary/aromatic N) is 1. The summed E-state index contributed by atoms with van der Waals surface area (Å²) >= 11 is 0. The number of benzene rings is 1. The second kappa shape index (κ2) is 3.67. The van der Waals surface area contributed by atoms with Crippen LogP contribution in [-0.4, -0.2) is 4.57 Å². The van der Waals surface area contributed by atoms with E-state index in [1.165, 1.54) is 17.7 Å². The second-order valence-electron chi connectivity index (χ2n) is 4.38. The van der Waals surface area contributed by atoms with Gasteiger partial charge in [0.05, 0.1) is 0 Å². The molecule has 2 unspecified atom stereocenters. The Kier molecular flexibility index (Phi) is 2.17. The van der Waals surface area contributed by atoms with Crippen LogP contribution >= 0.6 is 0 Å². The van der Waals surface area contributed by atoms with Crippen molar-refractivity contribution in [1.82, 2.24) is 4.57 Å². The van der Waals surface area contributed by atoms with Crippen LogP contribution in [0.2, 0.25) is 0 Å². The second-order valence-corrected chi connectivity index (χ2v) is 4.38. The highest BCUT2D eigenvalue weighted by Gasteiger charge is 2.40. The summed E-state index contributed by atoms with van der Waals surface area (Å²) in [5.41, 5.74) is 2.85. The lowest BCUT2D eigenvalue weighted by molar-refractivity contribution is 0.930. The van der Waals surface area contributed by atoms with Crippen molar-refractivity contribution in [3.05, 3.63) is 66.5 Å². The van der Waals surface area contributed by atoms with Gasteiger partial charge < -0.3 is 4.57 Å². The summed E-state index contributed by atoms with van der Waals surface area (Å²) in [6.07, 6.45) is 5.22. The fourth-order valence-corrected chi connectivity index (χ4v) is 2.48. The molecule has 1 saturated carbocycles. The Labute approximate surface area is 96.0 Å². The Morgan fingerprint density at radius 1 is 1.06 bits per heavy atom. The molecule has 0 radical (unpaired) electrons. The molecule has 1 nitrogen and oxygen atoms in total. The molecule has 1 aromatic carbocycles. The third-order valence-corrected chi connectivity index (χ3v) is 3.41. The SMILES string of the molecule is C=Cn1cccc1C1CC1c1ccccc1. The minimum atomic E-state index is 0.676. The maximum absolute atomic E-state index is 3.83. The molecule has 1 aliphatic rings. The highest BCUT2D eigenvalue weighted by Crippen LogP contribution is 2.54. The molecule has 0 saturated heterocycles. The third-order valence-electron chi connectivity index (χ3n) is 3.41. The number of rotatable bonds is 3. The van der Waals surface area contributed by atoms with Gasteiger partial charge in [-0.25, -0.2) is 0 Å². The van der Waals surface area contributed by atoms with E-state index in [-0.39, 0.29) is 0 Å². The van der Waals surface area contributed by atoms with Crippen molar-refractivity contribution in [3.8, 4) is 0 Å². The molecule has 0 spiro atoms. The van der Waals surface area contributed by atoms with Crippen LogP contribution in [-0.2, 0) is 0 Å². The van der Waals surface area contributed by atoms with E-state index in [1.54, 1.807) is 0 Å². The van der Waals surface area contributed by atoms with E-state index in [4.69, 9.17) is 0 Å². The summed E-state index contributed by atoms with van der Waals surface area (Å²) in [5, 5.41) is 0. The predicted molar refractivity (Wildman–Crippen MR) is 67.4 cm³/mol. The lowest BCUT2D eigenvalue weighted by Crippen LogP contribution is -1.91. The largest absolute Gasteiger partial charge is 0.328 e. The Morgan fingerprint density at radius 2 is 1.88 bits per heavy atom. The van der Waals surface area contributed by atoms with Gasteiger partial charge in [0, 0.05) is 24.0 Å². The highest BCUT2D eigenvalue weighted by atomic mass is 14.9. The van der Waals surface area contributed by atoms with Gasteiger partial charge in [0.15, 0.2) is 0 Å². The van der Waals surface area contributed by atoms with Crippen LogP contribution in [0, 0.1) is 0 Å². The summed E-state index contributed by atoms with van der Waals surface area (Å²) in [7, 11) is 0. The van der Waals surface area contributed by atoms with Gasteiger partial charge >= 0.3 is 0 Å². The molecule has 1 fully saturated rings. The third kappa shape index (κ3) is 1.49. The Balaban J connectivity index is 1.84. The van der Waals surface area contributed by atoms with Crippen molar-refractivity contribution >= 4 is 6.20 Å². The quantitative estimate of drug-likeness (QED) is 0.723. The summed E-state index contributed by atoms with van der Waals surface area (Å²) in [6, 6.07) is 15.1. The van der Waals surface area contributed by atoms with Crippen molar-refractivity contribution in [2.75, 3.05) is 0 Å². The van der Waals surface area contributed by atoms with Crippen LogP contribution in [0.3, 0.4) is 0 Å². The average molecular weight is 209 g/mol. The Bertz CT molecular complexity index is 495. The maximum atomic E-state index is 3.83. The van der Waals surface area contributed by atoms with Gasteiger partial charge in [0.1, 0.15) is 0 Å². The van der Waals surface area contributed by atoms with Crippen LogP contribution < -0.4 is 0 Å². The number of aromatic nitrogens is 1. The average Bonchev–Trinajstić information content (AvgIpc) is 3.00. The number of hydrogen-bond acceptors (Lipinski definition) is 0. The zero-order chi connectivity index (χ0) is 11.0. The topological polar surface area (TPSA) is 4.93 Å². The predicted octanol–water partition coefficient (Wildman–Crippen LogP) is 3.86. The zero-order valence-corrected chi connectivity index (χ0v) is 9.21. The lowest BCUT2D eigenvalue weighted by Gasteiger charge is -2.03. The molecular formula is C15H15N. The first-order valence-electron chi connectivity index (χ1n) is 5.74. The van der Waals surface area contributed by atoms with Gasteiger partial charge in [-0.15, -0.1) is 0 Å². The molecule has 16 heavy (non-hydrogen) atoms. The van der Waals surface area contributed by atoms with E-state index in [0.29, 0.717) is 11.8 Å². The van der Waals surface area contributed by atoms with Gasteiger partial charge in [-0.3, -0.25) is 0 Å². The summed E-state index contributed by atoms with van der Waals surface area (Å²) < 4.78 is 2.13. The highest BCUT2D eigenvalue weighted by molar-refractivity contribution is 5.37. The van der Waals surface area contributed by atoms with Gasteiger partial charge in [-0.1, -0.05) is 36.9 Å². The van der Waals surface area contributed by atoms with Crippen molar-refractivity contribution in [2.45, 2.75) is 18.3 Å². The molecule has 1 aliphatic carbocycles. The zero-order valence-electron chi connectivity index (χ0n) is 9.21. The Morgan fingerprint density at radius 3 is 2.62 bits per heavy atom. The minimum absolute atomic E-state index is 0.676. The fraction of sp³-hybridized carbons (Fsp3) is 0.200. The molecule has 0 aliphatic heterocycles. The van der Waals surface area contributed by atoms with Crippen molar-refractivity contribution in [2.24, 2.45) is 0 Å². The molecule has 0 N–H and O–H groups in total. The Hall–Kier alpha value is -1.76. The molecule has 2 atom stereocenters. The molecule has 0 amide bonds. The summed E-state index contributed by atoms with van der Waals surface area (Å²) in [5.74, 6) is 1.38. The molecule has 1 heteroatoms. The van der Waals surface area contributed by atoms with Crippen LogP contribution in [0.5, 0.6) is 0 Å².